The highest BCUT2D eigenvalue weighted by Crippen LogP contribution is 2.16. The van der Waals surface area contributed by atoms with Gasteiger partial charge in [0.1, 0.15) is 0 Å². The molecule has 0 radical (unpaired) electrons. The molecule has 0 saturated heterocycles. The lowest BCUT2D eigenvalue weighted by atomic mass is 9.99. The topological polar surface area (TPSA) is 0 Å². The smallest absolute Gasteiger partial charge is 0.0251 e. The number of benzene rings is 1. The first-order valence-electron chi connectivity index (χ1n) is 4.62. The Morgan fingerprint density at radius 1 is 1.23 bits per heavy atom. The van der Waals surface area contributed by atoms with Crippen LogP contribution in [0.5, 0.6) is 0 Å². The lowest BCUT2D eigenvalue weighted by molar-refractivity contribution is 0.917. The van der Waals surface area contributed by atoms with Crippen molar-refractivity contribution in [2.75, 3.05) is 0 Å². The van der Waals surface area contributed by atoms with Crippen LogP contribution in [0.15, 0.2) is 35.9 Å². The van der Waals surface area contributed by atoms with Crippen molar-refractivity contribution >= 4 is 0 Å². The van der Waals surface area contributed by atoms with E-state index in [1.165, 1.54) is 24.0 Å². The summed E-state index contributed by atoms with van der Waals surface area (Å²) in [6.45, 7) is 2.09. The molecule has 0 atom stereocenters. The van der Waals surface area contributed by atoms with Gasteiger partial charge >= 0.3 is 0 Å². The van der Waals surface area contributed by atoms with Crippen molar-refractivity contribution in [2.24, 2.45) is 0 Å². The Labute approximate surface area is 79.3 Å². The van der Waals surface area contributed by atoms with Gasteiger partial charge in [0.15, 0.2) is 0 Å². The summed E-state index contributed by atoms with van der Waals surface area (Å²) in [5.74, 6) is 6.34. The monoisotopic (exact) mass is 168 g/mol. The van der Waals surface area contributed by atoms with Gasteiger partial charge in [-0.05, 0) is 43.0 Å². The fraction of sp³-hybridized carbons (Fsp3) is 0.231. The molecule has 1 aliphatic carbocycles. The minimum atomic E-state index is 1.12. The van der Waals surface area contributed by atoms with E-state index < -0.39 is 0 Å². The van der Waals surface area contributed by atoms with E-state index in [4.69, 9.17) is 0 Å². The summed E-state index contributed by atoms with van der Waals surface area (Å²) in [5.41, 5.74) is 3.68. The predicted octanol–water partition coefficient (Wildman–Crippen LogP) is 3.07. The molecule has 0 amide bonds. The number of rotatable bonds is 0. The Bertz CT molecular complexity index is 400. The van der Waals surface area contributed by atoms with Crippen LogP contribution in [0.2, 0.25) is 0 Å². The van der Waals surface area contributed by atoms with E-state index in [1.807, 2.05) is 0 Å². The molecule has 2 rings (SSSR count). The van der Waals surface area contributed by atoms with Gasteiger partial charge in [0.05, 0.1) is 0 Å². The summed E-state index contributed by atoms with van der Waals surface area (Å²) in [7, 11) is 0. The summed E-state index contributed by atoms with van der Waals surface area (Å²) in [4.78, 5) is 0. The summed E-state index contributed by atoms with van der Waals surface area (Å²) < 4.78 is 0. The molecule has 0 fully saturated rings. The highest BCUT2D eigenvalue weighted by Gasteiger charge is 2.00. The molecule has 64 valence electrons. The van der Waals surface area contributed by atoms with Crippen LogP contribution < -0.4 is 0 Å². The zero-order valence-electron chi connectivity index (χ0n) is 7.80. The zero-order valence-corrected chi connectivity index (χ0v) is 7.80. The van der Waals surface area contributed by atoms with E-state index >= 15 is 0 Å². The van der Waals surface area contributed by atoms with E-state index in [9.17, 15) is 0 Å². The van der Waals surface area contributed by atoms with Crippen molar-refractivity contribution in [3.05, 3.63) is 47.0 Å². The third kappa shape index (κ3) is 2.00. The van der Waals surface area contributed by atoms with Gasteiger partial charge in [-0.2, -0.15) is 0 Å². The van der Waals surface area contributed by atoms with Crippen molar-refractivity contribution in [1.29, 1.82) is 0 Å². The number of aryl methyl sites for hydroxylation is 1. The molecule has 0 spiro atoms. The fourth-order valence-electron chi connectivity index (χ4n) is 1.28. The van der Waals surface area contributed by atoms with Gasteiger partial charge in [-0.1, -0.05) is 30.0 Å². The largest absolute Gasteiger partial charge is 0.0726 e. The summed E-state index contributed by atoms with van der Waals surface area (Å²) in [6, 6.07) is 8.31. The molecule has 1 aromatic rings. The van der Waals surface area contributed by atoms with Crippen LogP contribution in [0.3, 0.4) is 0 Å². The second-order valence-corrected chi connectivity index (χ2v) is 3.39. The van der Waals surface area contributed by atoms with Crippen LogP contribution in [-0.4, -0.2) is 0 Å². The number of hydrogen-bond donors (Lipinski definition) is 0. The second kappa shape index (κ2) is 3.49. The third-order valence-corrected chi connectivity index (χ3v) is 2.19. The normalized spacial score (nSPS) is 13.8. The average molecular weight is 168 g/mol. The standard InChI is InChI=1S/C13H12/c1-11-4-2-7-13(10-11)9-8-12-5-3-6-12/h2,4-5,7,10H,3,6H2,1H3. The highest BCUT2D eigenvalue weighted by atomic mass is 14.0. The van der Waals surface area contributed by atoms with E-state index in [0.717, 1.165) is 5.56 Å². The maximum atomic E-state index is 3.17. The molecule has 1 aliphatic rings. The first-order valence-corrected chi connectivity index (χ1v) is 4.62. The summed E-state index contributed by atoms with van der Waals surface area (Å²) in [6.07, 6.45) is 4.57. The Balaban J connectivity index is 2.20. The van der Waals surface area contributed by atoms with E-state index in [2.05, 4.69) is 49.1 Å². The van der Waals surface area contributed by atoms with E-state index in [0.29, 0.717) is 0 Å². The van der Waals surface area contributed by atoms with Gasteiger partial charge in [0.2, 0.25) is 0 Å². The van der Waals surface area contributed by atoms with E-state index in [-0.39, 0.29) is 0 Å². The molecular weight excluding hydrogens is 156 g/mol. The summed E-state index contributed by atoms with van der Waals surface area (Å²) >= 11 is 0. The third-order valence-electron chi connectivity index (χ3n) is 2.19. The molecule has 1 aromatic carbocycles. The predicted molar refractivity (Wildman–Crippen MR) is 55.4 cm³/mol. The molecule has 0 aliphatic heterocycles. The molecule has 0 N–H and O–H groups in total. The Kier molecular flexibility index (Phi) is 2.19. The summed E-state index contributed by atoms with van der Waals surface area (Å²) in [5, 5.41) is 0. The average Bonchev–Trinajstić information content (AvgIpc) is 2.01. The number of hydrogen-bond acceptors (Lipinski definition) is 0. The van der Waals surface area contributed by atoms with Crippen LogP contribution in [0.4, 0.5) is 0 Å². The lowest BCUT2D eigenvalue weighted by Crippen LogP contribution is -1.89. The minimum Gasteiger partial charge on any atom is -0.0726 e. The second-order valence-electron chi connectivity index (χ2n) is 3.39. The van der Waals surface area contributed by atoms with Crippen LogP contribution >= 0.6 is 0 Å². The maximum absolute atomic E-state index is 3.17. The molecule has 13 heavy (non-hydrogen) atoms. The fourth-order valence-corrected chi connectivity index (χ4v) is 1.28. The Morgan fingerprint density at radius 2 is 2.08 bits per heavy atom. The van der Waals surface area contributed by atoms with Crippen LogP contribution in [0, 0.1) is 18.8 Å². The first-order chi connectivity index (χ1) is 6.34. The van der Waals surface area contributed by atoms with Crippen molar-refractivity contribution < 1.29 is 0 Å². The molecule has 0 heterocycles. The van der Waals surface area contributed by atoms with Gasteiger partial charge in [-0.25, -0.2) is 0 Å². The van der Waals surface area contributed by atoms with Crippen molar-refractivity contribution in [3.63, 3.8) is 0 Å². The molecule has 0 heteroatoms. The molecule has 0 bridgehead atoms. The zero-order chi connectivity index (χ0) is 9.10. The van der Waals surface area contributed by atoms with Crippen LogP contribution in [0.1, 0.15) is 24.0 Å². The first kappa shape index (κ1) is 8.13. The molecule has 0 aromatic heterocycles. The molecular formula is C13H12. The van der Waals surface area contributed by atoms with Crippen molar-refractivity contribution in [1.82, 2.24) is 0 Å². The van der Waals surface area contributed by atoms with Crippen molar-refractivity contribution in [2.45, 2.75) is 19.8 Å². The Hall–Kier alpha value is -1.48. The van der Waals surface area contributed by atoms with Crippen LogP contribution in [0.25, 0.3) is 0 Å². The highest BCUT2D eigenvalue weighted by molar-refractivity contribution is 5.43. The SMILES string of the molecule is Cc1cccc(C#CC2=CCC2)c1. The van der Waals surface area contributed by atoms with Gasteiger partial charge in [0.25, 0.3) is 0 Å². The van der Waals surface area contributed by atoms with Crippen LogP contribution in [-0.2, 0) is 0 Å². The van der Waals surface area contributed by atoms with Crippen molar-refractivity contribution in [3.8, 4) is 11.8 Å². The number of allylic oxidation sites excluding steroid dienone is 2. The molecule has 0 unspecified atom stereocenters. The maximum Gasteiger partial charge on any atom is 0.0251 e. The van der Waals surface area contributed by atoms with Gasteiger partial charge < -0.3 is 0 Å². The lowest BCUT2D eigenvalue weighted by Gasteiger charge is -2.05. The quantitative estimate of drug-likeness (QED) is 0.522. The van der Waals surface area contributed by atoms with E-state index in [1.54, 1.807) is 0 Å². The van der Waals surface area contributed by atoms with Gasteiger partial charge in [-0.15, -0.1) is 0 Å². The molecule has 0 nitrogen and oxygen atoms in total. The van der Waals surface area contributed by atoms with Gasteiger partial charge in [-0.3, -0.25) is 0 Å². The van der Waals surface area contributed by atoms with Gasteiger partial charge in [0, 0.05) is 5.56 Å². The molecule has 0 saturated carbocycles. The minimum absolute atomic E-state index is 1.12. The Morgan fingerprint density at radius 3 is 2.69 bits per heavy atom.